The van der Waals surface area contributed by atoms with Gasteiger partial charge in [0.05, 0.1) is 5.02 Å². The van der Waals surface area contributed by atoms with Gasteiger partial charge in [0.1, 0.15) is 5.82 Å². The molecule has 2 amide bonds. The van der Waals surface area contributed by atoms with Crippen LogP contribution in [0.5, 0.6) is 0 Å². The minimum Gasteiger partial charge on any atom is -0.315 e. The number of urea groups is 1. The molecule has 0 saturated heterocycles. The fourth-order valence-electron chi connectivity index (χ4n) is 1.29. The lowest BCUT2D eigenvalue weighted by Crippen LogP contribution is -2.23. The maximum Gasteiger partial charge on any atom is 0.323 e. The maximum absolute atomic E-state index is 12.9. The first kappa shape index (κ1) is 11.9. The monoisotopic (exact) mass is 254 g/mol. The first-order valence-corrected chi connectivity index (χ1v) is 5.72. The molecule has 0 unspecified atom stereocenters. The molecule has 1 aliphatic rings. The van der Waals surface area contributed by atoms with Gasteiger partial charge in [-0.25, -0.2) is 9.18 Å². The molecule has 1 saturated carbocycles. The zero-order valence-electron chi connectivity index (χ0n) is 9.04. The summed E-state index contributed by atoms with van der Waals surface area (Å²) in [5, 5.41) is 5.10. The van der Waals surface area contributed by atoms with E-state index in [-0.39, 0.29) is 11.1 Å². The summed E-state index contributed by atoms with van der Waals surface area (Å²) in [7, 11) is 0. The summed E-state index contributed by atoms with van der Waals surface area (Å²) in [6.45, 7) is 0. The number of amides is 2. The molecule has 0 aromatic heterocycles. The van der Waals surface area contributed by atoms with Gasteiger partial charge in [-0.3, -0.25) is 0 Å². The lowest BCUT2D eigenvalue weighted by atomic mass is 10.3. The Morgan fingerprint density at radius 2 is 2.24 bits per heavy atom. The van der Waals surface area contributed by atoms with E-state index in [9.17, 15) is 9.18 Å². The van der Waals surface area contributed by atoms with Gasteiger partial charge in [-0.05, 0) is 37.0 Å². The van der Waals surface area contributed by atoms with Crippen molar-refractivity contribution in [2.45, 2.75) is 12.8 Å². The molecular formula is C12H12ClFN2O. The van der Waals surface area contributed by atoms with Gasteiger partial charge in [-0.15, -0.1) is 0 Å². The number of halogens is 2. The predicted octanol–water partition coefficient (Wildman–Crippen LogP) is 3.52. The van der Waals surface area contributed by atoms with Gasteiger partial charge in [0.25, 0.3) is 0 Å². The highest BCUT2D eigenvalue weighted by Crippen LogP contribution is 2.29. The van der Waals surface area contributed by atoms with Crippen molar-refractivity contribution in [3.8, 4) is 0 Å². The molecule has 1 aliphatic carbocycles. The third-order valence-electron chi connectivity index (χ3n) is 2.38. The van der Waals surface area contributed by atoms with Crippen molar-refractivity contribution in [3.63, 3.8) is 0 Å². The number of carbonyl (C=O) groups is 1. The van der Waals surface area contributed by atoms with Gasteiger partial charge < -0.3 is 10.6 Å². The van der Waals surface area contributed by atoms with Crippen LogP contribution in [0.15, 0.2) is 30.5 Å². The fraction of sp³-hybridized carbons (Fsp3) is 0.250. The van der Waals surface area contributed by atoms with E-state index in [0.717, 1.165) is 0 Å². The highest BCUT2D eigenvalue weighted by molar-refractivity contribution is 6.31. The summed E-state index contributed by atoms with van der Waals surface area (Å²) < 4.78 is 12.9. The van der Waals surface area contributed by atoms with Gasteiger partial charge >= 0.3 is 6.03 Å². The van der Waals surface area contributed by atoms with Gasteiger partial charge in [-0.1, -0.05) is 17.7 Å². The molecule has 5 heteroatoms. The van der Waals surface area contributed by atoms with Crippen molar-refractivity contribution in [3.05, 3.63) is 41.3 Å². The summed E-state index contributed by atoms with van der Waals surface area (Å²) in [5.74, 6) is 0.0989. The molecule has 1 fully saturated rings. The molecular weight excluding hydrogens is 243 g/mol. The van der Waals surface area contributed by atoms with Crippen LogP contribution in [0.3, 0.4) is 0 Å². The number of nitrogens with one attached hydrogen (secondary N) is 2. The first-order valence-electron chi connectivity index (χ1n) is 5.34. The molecule has 3 nitrogen and oxygen atoms in total. The minimum atomic E-state index is -0.508. The summed E-state index contributed by atoms with van der Waals surface area (Å²) in [6.07, 6.45) is 5.95. The van der Waals surface area contributed by atoms with Crippen molar-refractivity contribution >= 4 is 23.3 Å². The molecule has 90 valence electrons. The Labute approximate surface area is 104 Å². The standard InChI is InChI=1S/C12H12ClFN2O/c13-10-7-9(3-4-11(10)14)16-12(17)15-6-5-8-1-2-8/h3-8H,1-2H2,(H2,15,16,17)/b6-5+. The van der Waals surface area contributed by atoms with E-state index in [2.05, 4.69) is 10.6 Å². The van der Waals surface area contributed by atoms with Gasteiger partial charge in [0, 0.05) is 11.9 Å². The highest BCUT2D eigenvalue weighted by atomic mass is 35.5. The number of anilines is 1. The lowest BCUT2D eigenvalue weighted by Gasteiger charge is -2.05. The summed E-state index contributed by atoms with van der Waals surface area (Å²) in [4.78, 5) is 11.4. The molecule has 2 N–H and O–H groups in total. The molecule has 0 aliphatic heterocycles. The van der Waals surface area contributed by atoms with E-state index in [4.69, 9.17) is 11.6 Å². The first-order chi connectivity index (χ1) is 8.15. The van der Waals surface area contributed by atoms with E-state index < -0.39 is 5.82 Å². The normalized spacial score (nSPS) is 14.9. The molecule has 0 atom stereocenters. The topological polar surface area (TPSA) is 41.1 Å². The smallest absolute Gasteiger partial charge is 0.315 e. The minimum absolute atomic E-state index is 0.0173. The second-order valence-corrected chi connectivity index (χ2v) is 4.33. The van der Waals surface area contributed by atoms with Crippen LogP contribution in [0, 0.1) is 11.7 Å². The van der Waals surface area contributed by atoms with E-state index in [1.807, 2.05) is 6.08 Å². The largest absolute Gasteiger partial charge is 0.323 e. The zero-order valence-corrected chi connectivity index (χ0v) is 9.80. The van der Waals surface area contributed by atoms with Crippen LogP contribution >= 0.6 is 11.6 Å². The molecule has 17 heavy (non-hydrogen) atoms. The van der Waals surface area contributed by atoms with E-state index in [1.54, 1.807) is 6.20 Å². The Hall–Kier alpha value is -1.55. The molecule has 0 spiro atoms. The fourth-order valence-corrected chi connectivity index (χ4v) is 1.47. The van der Waals surface area contributed by atoms with Gasteiger partial charge in [0.15, 0.2) is 0 Å². The van der Waals surface area contributed by atoms with Crippen LogP contribution in [0.1, 0.15) is 12.8 Å². The Bertz CT molecular complexity index is 458. The molecule has 1 aromatic carbocycles. The Morgan fingerprint density at radius 3 is 2.88 bits per heavy atom. The van der Waals surface area contributed by atoms with Gasteiger partial charge in [0.2, 0.25) is 0 Å². The zero-order chi connectivity index (χ0) is 12.3. The second-order valence-electron chi connectivity index (χ2n) is 3.92. The van der Waals surface area contributed by atoms with Crippen LogP contribution in [0.25, 0.3) is 0 Å². The third-order valence-corrected chi connectivity index (χ3v) is 2.67. The Balaban J connectivity index is 1.86. The van der Waals surface area contributed by atoms with Crippen molar-refractivity contribution in [1.82, 2.24) is 5.32 Å². The summed E-state index contributed by atoms with van der Waals surface area (Å²) in [5.41, 5.74) is 0.453. The van der Waals surface area contributed by atoms with E-state index in [0.29, 0.717) is 11.6 Å². The van der Waals surface area contributed by atoms with Crippen molar-refractivity contribution in [2.75, 3.05) is 5.32 Å². The number of carbonyl (C=O) groups excluding carboxylic acids is 1. The molecule has 0 radical (unpaired) electrons. The van der Waals surface area contributed by atoms with Crippen LogP contribution in [-0.2, 0) is 0 Å². The average molecular weight is 255 g/mol. The summed E-state index contributed by atoms with van der Waals surface area (Å²) >= 11 is 5.59. The number of hydrogen-bond donors (Lipinski definition) is 2. The van der Waals surface area contributed by atoms with Crippen molar-refractivity contribution < 1.29 is 9.18 Å². The predicted molar refractivity (Wildman–Crippen MR) is 65.4 cm³/mol. The van der Waals surface area contributed by atoms with Crippen molar-refractivity contribution in [1.29, 1.82) is 0 Å². The Kier molecular flexibility index (Phi) is 3.64. The Morgan fingerprint density at radius 1 is 1.47 bits per heavy atom. The number of hydrogen-bond acceptors (Lipinski definition) is 1. The lowest BCUT2D eigenvalue weighted by molar-refractivity contribution is 0.255. The third kappa shape index (κ3) is 3.75. The highest BCUT2D eigenvalue weighted by Gasteiger charge is 2.17. The molecule has 0 bridgehead atoms. The maximum atomic E-state index is 12.9. The van der Waals surface area contributed by atoms with E-state index in [1.165, 1.54) is 31.0 Å². The van der Waals surface area contributed by atoms with Crippen LogP contribution in [0.2, 0.25) is 5.02 Å². The number of benzene rings is 1. The number of allylic oxidation sites excluding steroid dienone is 1. The van der Waals surface area contributed by atoms with E-state index >= 15 is 0 Å². The second kappa shape index (κ2) is 5.19. The van der Waals surface area contributed by atoms with Crippen LogP contribution in [-0.4, -0.2) is 6.03 Å². The molecule has 2 rings (SSSR count). The number of rotatable bonds is 3. The van der Waals surface area contributed by atoms with Crippen LogP contribution in [0.4, 0.5) is 14.9 Å². The molecule has 1 aromatic rings. The van der Waals surface area contributed by atoms with Crippen LogP contribution < -0.4 is 10.6 Å². The summed E-state index contributed by atoms with van der Waals surface area (Å²) in [6, 6.07) is 3.65. The van der Waals surface area contributed by atoms with Gasteiger partial charge in [-0.2, -0.15) is 0 Å². The quantitative estimate of drug-likeness (QED) is 0.851. The SMILES string of the molecule is O=C(N/C=C/C1CC1)Nc1ccc(F)c(Cl)c1. The van der Waals surface area contributed by atoms with Crippen molar-refractivity contribution in [2.24, 2.45) is 5.92 Å². The average Bonchev–Trinajstić information content (AvgIpc) is 3.07. The molecule has 0 heterocycles.